The molecule has 0 spiro atoms. The van der Waals surface area contributed by atoms with Gasteiger partial charge >= 0.3 is 0 Å². The molecule has 4 aliphatic heterocycles. The van der Waals surface area contributed by atoms with E-state index in [0.717, 1.165) is 29.5 Å². The quantitative estimate of drug-likeness (QED) is 0.179. The van der Waals surface area contributed by atoms with Crippen LogP contribution in [0.4, 0.5) is 11.4 Å². The molecule has 264 valence electrons. The van der Waals surface area contributed by atoms with E-state index in [-0.39, 0.29) is 37.1 Å². The summed E-state index contributed by atoms with van der Waals surface area (Å²) in [5.41, 5.74) is 9.51. The van der Waals surface area contributed by atoms with Crippen molar-refractivity contribution in [1.29, 1.82) is 0 Å². The van der Waals surface area contributed by atoms with Crippen LogP contribution in [0.25, 0.3) is 0 Å². The van der Waals surface area contributed by atoms with Gasteiger partial charge in [-0.3, -0.25) is 24.6 Å². The van der Waals surface area contributed by atoms with Crippen molar-refractivity contribution in [2.24, 2.45) is 9.98 Å². The zero-order valence-electron chi connectivity index (χ0n) is 29.5. The number of hydrogen-bond donors (Lipinski definition) is 0. The van der Waals surface area contributed by atoms with Crippen LogP contribution in [0.2, 0.25) is 0 Å². The Bertz CT molecular complexity index is 2350. The third-order valence-electron chi connectivity index (χ3n) is 10.6. The zero-order valence-corrected chi connectivity index (χ0v) is 29.5. The van der Waals surface area contributed by atoms with Crippen LogP contribution in [0.3, 0.4) is 0 Å². The number of carbonyl (C=O) groups excluding carboxylic acids is 2. The van der Waals surface area contributed by atoms with Crippen molar-refractivity contribution in [3.8, 4) is 17.2 Å². The molecule has 0 bridgehead atoms. The molecular weight excluding hydrogens is 667 g/mol. The summed E-state index contributed by atoms with van der Waals surface area (Å²) in [6.07, 6.45) is 6.95. The van der Waals surface area contributed by atoms with E-state index in [2.05, 4.69) is 29.2 Å². The normalized spacial score (nSPS) is 18.1. The van der Waals surface area contributed by atoms with E-state index < -0.39 is 0 Å². The summed E-state index contributed by atoms with van der Waals surface area (Å²) in [6.45, 7) is 3.50. The SMILES string of the molecule is COc1cc2c(cc1OCc1cc(COc3cc4c(cc3C)C(=O)N3Cc5ccccc5C[C@H]3C=N4)ccn1)N=C[C@@H]1Cc3ccccc3CN1C2=O. The second-order valence-corrected chi connectivity index (χ2v) is 13.9. The lowest BCUT2D eigenvalue weighted by Gasteiger charge is -2.34. The Morgan fingerprint density at radius 2 is 1.23 bits per heavy atom. The Morgan fingerprint density at radius 3 is 1.85 bits per heavy atom. The van der Waals surface area contributed by atoms with Gasteiger partial charge < -0.3 is 24.0 Å². The number of carbonyl (C=O) groups is 2. The van der Waals surface area contributed by atoms with Gasteiger partial charge in [0.05, 0.1) is 47.4 Å². The number of ether oxygens (including phenoxy) is 3. The number of rotatable bonds is 7. The van der Waals surface area contributed by atoms with Crippen molar-refractivity contribution in [1.82, 2.24) is 14.8 Å². The van der Waals surface area contributed by atoms with Crippen molar-refractivity contribution in [3.63, 3.8) is 0 Å². The zero-order chi connectivity index (χ0) is 36.1. The number of aliphatic imine (C=N–C) groups is 2. The van der Waals surface area contributed by atoms with Gasteiger partial charge in [-0.15, -0.1) is 0 Å². The minimum absolute atomic E-state index is 0.0169. The van der Waals surface area contributed by atoms with E-state index in [4.69, 9.17) is 24.2 Å². The number of methoxy groups -OCH3 is 1. The highest BCUT2D eigenvalue weighted by Crippen LogP contribution is 2.39. The van der Waals surface area contributed by atoms with Gasteiger partial charge in [0.2, 0.25) is 0 Å². The fraction of sp³-hybridized carbons (Fsp3) is 0.233. The summed E-state index contributed by atoms with van der Waals surface area (Å²) >= 11 is 0. The molecule has 5 heterocycles. The van der Waals surface area contributed by atoms with Crippen LogP contribution in [-0.4, -0.2) is 58.2 Å². The lowest BCUT2D eigenvalue weighted by atomic mass is 9.94. The van der Waals surface area contributed by atoms with Crippen LogP contribution in [-0.2, 0) is 39.1 Å². The monoisotopic (exact) mass is 703 g/mol. The molecule has 0 saturated heterocycles. The Morgan fingerprint density at radius 1 is 0.660 bits per heavy atom. The summed E-state index contributed by atoms with van der Waals surface area (Å²) in [6, 6.07) is 27.3. The molecule has 10 nitrogen and oxygen atoms in total. The lowest BCUT2D eigenvalue weighted by molar-refractivity contribution is 0.0696. The average molecular weight is 704 g/mol. The molecule has 53 heavy (non-hydrogen) atoms. The number of benzene rings is 4. The predicted octanol–water partition coefficient (Wildman–Crippen LogP) is 7.12. The maximum atomic E-state index is 13.8. The van der Waals surface area contributed by atoms with Gasteiger partial charge in [0.15, 0.2) is 11.5 Å². The average Bonchev–Trinajstić information content (AvgIpc) is 3.40. The third kappa shape index (κ3) is 6.09. The number of pyridine rings is 1. The molecule has 0 radical (unpaired) electrons. The summed E-state index contributed by atoms with van der Waals surface area (Å²) in [5, 5.41) is 0. The standard InChI is InChI=1S/C43H37N5O5/c1-26-13-35-37(45-20-33-15-28-7-3-5-9-30(28)22-47(33)42(35)49)18-39(26)52-24-27-11-12-44-32(14-27)25-53-41-19-38-36(17-40(41)51-2)43(50)48-23-31-10-6-4-8-29(31)16-34(48)21-46-38/h3-14,17-21,33-34H,15-16,22-25H2,1-2H3/t33-,34-/m0/s1. The van der Waals surface area contributed by atoms with Crippen LogP contribution in [0, 0.1) is 6.92 Å². The largest absolute Gasteiger partial charge is 0.493 e. The topological polar surface area (TPSA) is 106 Å². The van der Waals surface area contributed by atoms with Gasteiger partial charge in [0, 0.05) is 43.8 Å². The van der Waals surface area contributed by atoms with Gasteiger partial charge in [0.25, 0.3) is 11.8 Å². The second kappa shape index (κ2) is 13.4. The highest BCUT2D eigenvalue weighted by atomic mass is 16.5. The van der Waals surface area contributed by atoms with Crippen LogP contribution in [0.5, 0.6) is 17.2 Å². The molecule has 4 aromatic carbocycles. The van der Waals surface area contributed by atoms with E-state index in [1.54, 1.807) is 25.4 Å². The third-order valence-corrected chi connectivity index (χ3v) is 10.6. The minimum atomic E-state index is -0.125. The van der Waals surface area contributed by atoms with E-state index in [9.17, 15) is 9.59 Å². The first-order valence-electron chi connectivity index (χ1n) is 17.8. The summed E-state index contributed by atoms with van der Waals surface area (Å²) in [7, 11) is 1.56. The Hall–Kier alpha value is -6.29. The van der Waals surface area contributed by atoms with Gasteiger partial charge in [-0.1, -0.05) is 48.5 Å². The minimum Gasteiger partial charge on any atom is -0.493 e. The van der Waals surface area contributed by atoms with Crippen molar-refractivity contribution >= 4 is 35.6 Å². The Balaban J connectivity index is 0.886. The highest BCUT2D eigenvalue weighted by molar-refractivity contribution is 6.04. The first-order valence-corrected chi connectivity index (χ1v) is 17.8. The van der Waals surface area contributed by atoms with Crippen molar-refractivity contribution in [3.05, 3.63) is 141 Å². The molecule has 9 rings (SSSR count). The first-order chi connectivity index (χ1) is 25.9. The Kier molecular flexibility index (Phi) is 8.22. The molecule has 0 saturated carbocycles. The summed E-state index contributed by atoms with van der Waals surface area (Å²) < 4.78 is 18.2. The number of aromatic nitrogens is 1. The molecule has 1 aromatic heterocycles. The van der Waals surface area contributed by atoms with Crippen LogP contribution in [0.1, 0.15) is 59.8 Å². The Labute approximate surface area is 307 Å². The van der Waals surface area contributed by atoms with Crippen LogP contribution < -0.4 is 14.2 Å². The number of nitrogens with zero attached hydrogens (tertiary/aromatic N) is 5. The fourth-order valence-electron chi connectivity index (χ4n) is 7.67. The maximum absolute atomic E-state index is 13.8. The molecule has 0 aliphatic carbocycles. The molecule has 10 heteroatoms. The number of amides is 2. The molecule has 0 N–H and O–H groups in total. The molecule has 2 atom stereocenters. The van der Waals surface area contributed by atoms with Crippen molar-refractivity contribution in [2.45, 2.75) is 58.2 Å². The maximum Gasteiger partial charge on any atom is 0.257 e. The first kappa shape index (κ1) is 32.6. The highest BCUT2D eigenvalue weighted by Gasteiger charge is 2.34. The van der Waals surface area contributed by atoms with E-state index >= 15 is 0 Å². The van der Waals surface area contributed by atoms with Gasteiger partial charge in [-0.2, -0.15) is 0 Å². The predicted molar refractivity (Wildman–Crippen MR) is 201 cm³/mol. The van der Waals surface area contributed by atoms with Crippen molar-refractivity contribution < 1.29 is 23.8 Å². The smallest absolute Gasteiger partial charge is 0.257 e. The van der Waals surface area contributed by atoms with Crippen LogP contribution in [0.15, 0.2) is 101 Å². The van der Waals surface area contributed by atoms with E-state index in [1.165, 1.54) is 16.7 Å². The summed E-state index contributed by atoms with van der Waals surface area (Å²) in [5.74, 6) is 1.48. The molecule has 2 amide bonds. The molecule has 4 aliphatic rings. The second-order valence-electron chi connectivity index (χ2n) is 13.9. The van der Waals surface area contributed by atoms with Gasteiger partial charge in [-0.25, -0.2) is 0 Å². The lowest BCUT2D eigenvalue weighted by Crippen LogP contribution is -2.44. The number of fused-ring (bicyclic) bond motifs is 6. The van der Waals surface area contributed by atoms with E-state index in [0.29, 0.717) is 58.5 Å². The van der Waals surface area contributed by atoms with E-state index in [1.807, 2.05) is 77.7 Å². The molecular formula is C43H37N5O5. The van der Waals surface area contributed by atoms with Crippen LogP contribution >= 0.6 is 0 Å². The fourth-order valence-corrected chi connectivity index (χ4v) is 7.67. The summed E-state index contributed by atoms with van der Waals surface area (Å²) in [4.78, 5) is 45.3. The number of hydrogen-bond acceptors (Lipinski definition) is 8. The number of aryl methyl sites for hydroxylation is 1. The van der Waals surface area contributed by atoms with Crippen molar-refractivity contribution in [2.75, 3.05) is 7.11 Å². The van der Waals surface area contributed by atoms with Gasteiger partial charge in [0.1, 0.15) is 19.0 Å². The molecule has 0 fully saturated rings. The molecule has 5 aromatic rings. The van der Waals surface area contributed by atoms with Gasteiger partial charge in [-0.05, 0) is 77.4 Å². The molecule has 0 unspecified atom stereocenters.